The predicted molar refractivity (Wildman–Crippen MR) is 69.9 cm³/mol. The van der Waals surface area contributed by atoms with Gasteiger partial charge in [-0.1, -0.05) is 13.8 Å². The summed E-state index contributed by atoms with van der Waals surface area (Å²) in [5.41, 5.74) is 1.29. The van der Waals surface area contributed by atoms with E-state index in [4.69, 9.17) is 0 Å². The van der Waals surface area contributed by atoms with Crippen molar-refractivity contribution in [2.75, 3.05) is 13.6 Å². The van der Waals surface area contributed by atoms with E-state index in [2.05, 4.69) is 40.7 Å². The van der Waals surface area contributed by atoms with Gasteiger partial charge >= 0.3 is 0 Å². The molecule has 0 aromatic carbocycles. The van der Waals surface area contributed by atoms with Gasteiger partial charge in [0.25, 0.3) is 0 Å². The highest BCUT2D eigenvalue weighted by Crippen LogP contribution is 2.17. The molecule has 1 N–H and O–H groups in total. The lowest BCUT2D eigenvalue weighted by Gasteiger charge is -2.21. The molecule has 17 heavy (non-hydrogen) atoms. The fraction of sp³-hybridized carbons (Fsp3) is 0.769. The quantitative estimate of drug-likeness (QED) is 0.840. The Hall–Kier alpha value is -0.870. The molecule has 1 atom stereocenters. The number of aromatic nitrogens is 2. The number of rotatable bonds is 5. The molecule has 1 fully saturated rings. The molecular weight excluding hydrogens is 212 g/mol. The van der Waals surface area contributed by atoms with Gasteiger partial charge < -0.3 is 14.8 Å². The molecule has 0 amide bonds. The average Bonchev–Trinajstić information content (AvgIpc) is 2.87. The Morgan fingerprint density at radius 1 is 1.53 bits per heavy atom. The van der Waals surface area contributed by atoms with Gasteiger partial charge in [-0.05, 0) is 26.4 Å². The van der Waals surface area contributed by atoms with Crippen LogP contribution in [0.2, 0.25) is 0 Å². The molecule has 96 valence electrons. The molecule has 1 aliphatic rings. The molecule has 0 saturated carbocycles. The molecule has 2 rings (SSSR count). The van der Waals surface area contributed by atoms with Crippen LogP contribution in [0.5, 0.6) is 0 Å². The van der Waals surface area contributed by atoms with E-state index in [1.54, 1.807) is 0 Å². The third-order valence-corrected chi connectivity index (χ3v) is 3.57. The normalized spacial score (nSPS) is 21.5. The topological polar surface area (TPSA) is 33.1 Å². The van der Waals surface area contributed by atoms with Gasteiger partial charge in [-0.25, -0.2) is 4.98 Å². The zero-order chi connectivity index (χ0) is 12.3. The first-order valence-corrected chi connectivity index (χ1v) is 6.59. The van der Waals surface area contributed by atoms with E-state index in [1.807, 2.05) is 12.5 Å². The standard InChI is InChI=1S/C13H24N4/c1-11(2)15-8-13-7-14-10-17(13)9-12-5-4-6-16(12)3/h7,10-12,15H,4-6,8-9H2,1-3H3. The molecule has 0 radical (unpaired) electrons. The smallest absolute Gasteiger partial charge is 0.0949 e. The van der Waals surface area contributed by atoms with E-state index >= 15 is 0 Å². The van der Waals surface area contributed by atoms with Crippen LogP contribution in [-0.2, 0) is 13.1 Å². The zero-order valence-electron chi connectivity index (χ0n) is 11.2. The van der Waals surface area contributed by atoms with Crippen molar-refractivity contribution >= 4 is 0 Å². The Morgan fingerprint density at radius 3 is 3.00 bits per heavy atom. The van der Waals surface area contributed by atoms with Crippen molar-refractivity contribution in [1.29, 1.82) is 0 Å². The largest absolute Gasteiger partial charge is 0.332 e. The lowest BCUT2D eigenvalue weighted by atomic mass is 10.2. The Labute approximate surface area is 104 Å². The number of imidazole rings is 1. The summed E-state index contributed by atoms with van der Waals surface area (Å²) in [5.74, 6) is 0. The molecule has 4 heteroatoms. The summed E-state index contributed by atoms with van der Waals surface area (Å²) in [6, 6.07) is 1.20. The molecule has 1 aliphatic heterocycles. The van der Waals surface area contributed by atoms with Gasteiger partial charge in [0.05, 0.1) is 12.0 Å². The second-order valence-electron chi connectivity index (χ2n) is 5.35. The van der Waals surface area contributed by atoms with Crippen molar-refractivity contribution < 1.29 is 0 Å². The first-order valence-electron chi connectivity index (χ1n) is 6.59. The highest BCUT2D eigenvalue weighted by molar-refractivity contribution is 4.99. The van der Waals surface area contributed by atoms with Crippen LogP contribution in [0.15, 0.2) is 12.5 Å². The first kappa shape index (κ1) is 12.6. The highest BCUT2D eigenvalue weighted by atomic mass is 15.2. The molecular formula is C13H24N4. The first-order chi connectivity index (χ1) is 8.16. The zero-order valence-corrected chi connectivity index (χ0v) is 11.2. The van der Waals surface area contributed by atoms with Crippen molar-refractivity contribution in [3.05, 3.63) is 18.2 Å². The third-order valence-electron chi connectivity index (χ3n) is 3.57. The fourth-order valence-electron chi connectivity index (χ4n) is 2.41. The predicted octanol–water partition coefficient (Wildman–Crippen LogP) is 1.48. The highest BCUT2D eigenvalue weighted by Gasteiger charge is 2.21. The van der Waals surface area contributed by atoms with E-state index in [9.17, 15) is 0 Å². The number of hydrogen-bond donors (Lipinski definition) is 1. The number of nitrogens with one attached hydrogen (secondary N) is 1. The van der Waals surface area contributed by atoms with E-state index < -0.39 is 0 Å². The van der Waals surface area contributed by atoms with E-state index in [-0.39, 0.29) is 0 Å². The number of nitrogens with zero attached hydrogens (tertiary/aromatic N) is 3. The van der Waals surface area contributed by atoms with E-state index in [0.717, 1.165) is 13.1 Å². The van der Waals surface area contributed by atoms with Gasteiger partial charge in [-0.3, -0.25) is 0 Å². The van der Waals surface area contributed by atoms with Crippen molar-refractivity contribution in [2.24, 2.45) is 0 Å². The van der Waals surface area contributed by atoms with Crippen molar-refractivity contribution in [3.8, 4) is 0 Å². The summed E-state index contributed by atoms with van der Waals surface area (Å²) >= 11 is 0. The van der Waals surface area contributed by atoms with Gasteiger partial charge in [0.1, 0.15) is 0 Å². The van der Waals surface area contributed by atoms with Gasteiger partial charge in [-0.15, -0.1) is 0 Å². The Balaban J connectivity index is 1.94. The number of likely N-dealkylation sites (tertiary alicyclic amines) is 1. The summed E-state index contributed by atoms with van der Waals surface area (Å²) in [7, 11) is 2.22. The van der Waals surface area contributed by atoms with E-state index in [0.29, 0.717) is 12.1 Å². The number of likely N-dealkylation sites (N-methyl/N-ethyl adjacent to an activating group) is 1. The summed E-state index contributed by atoms with van der Waals surface area (Å²) in [4.78, 5) is 6.73. The van der Waals surface area contributed by atoms with Crippen LogP contribution in [0, 0.1) is 0 Å². The molecule has 1 aromatic rings. The summed E-state index contributed by atoms with van der Waals surface area (Å²) in [5, 5.41) is 3.45. The van der Waals surface area contributed by atoms with Gasteiger partial charge in [-0.2, -0.15) is 0 Å². The van der Waals surface area contributed by atoms with Gasteiger partial charge in [0, 0.05) is 31.4 Å². The second kappa shape index (κ2) is 5.65. The van der Waals surface area contributed by atoms with Crippen LogP contribution < -0.4 is 5.32 Å². The minimum absolute atomic E-state index is 0.521. The van der Waals surface area contributed by atoms with Crippen LogP contribution in [0.25, 0.3) is 0 Å². The fourth-order valence-corrected chi connectivity index (χ4v) is 2.41. The Kier molecular flexibility index (Phi) is 4.18. The molecule has 1 aromatic heterocycles. The monoisotopic (exact) mass is 236 g/mol. The van der Waals surface area contributed by atoms with E-state index in [1.165, 1.54) is 25.1 Å². The molecule has 1 unspecified atom stereocenters. The Morgan fingerprint density at radius 2 is 2.35 bits per heavy atom. The lowest BCUT2D eigenvalue weighted by Crippen LogP contribution is -2.30. The maximum atomic E-state index is 4.27. The lowest BCUT2D eigenvalue weighted by molar-refractivity contribution is 0.279. The average molecular weight is 236 g/mol. The summed E-state index contributed by atoms with van der Waals surface area (Å²) in [6.07, 6.45) is 6.58. The van der Waals surface area contributed by atoms with Crippen LogP contribution in [-0.4, -0.2) is 40.1 Å². The SMILES string of the molecule is CC(C)NCc1cncn1CC1CCCN1C. The van der Waals surface area contributed by atoms with Crippen LogP contribution in [0.3, 0.4) is 0 Å². The van der Waals surface area contributed by atoms with Crippen molar-refractivity contribution in [3.63, 3.8) is 0 Å². The van der Waals surface area contributed by atoms with Crippen molar-refractivity contribution in [1.82, 2.24) is 19.8 Å². The molecule has 0 spiro atoms. The van der Waals surface area contributed by atoms with Crippen LogP contribution in [0.4, 0.5) is 0 Å². The minimum Gasteiger partial charge on any atom is -0.332 e. The Bertz CT molecular complexity index is 345. The summed E-state index contributed by atoms with van der Waals surface area (Å²) < 4.78 is 2.29. The van der Waals surface area contributed by atoms with Gasteiger partial charge in [0.15, 0.2) is 0 Å². The molecule has 1 saturated heterocycles. The van der Waals surface area contributed by atoms with Crippen molar-refractivity contribution in [2.45, 2.75) is 51.9 Å². The minimum atomic E-state index is 0.521. The molecule has 0 bridgehead atoms. The van der Waals surface area contributed by atoms with Crippen LogP contribution in [0.1, 0.15) is 32.4 Å². The second-order valence-corrected chi connectivity index (χ2v) is 5.35. The maximum Gasteiger partial charge on any atom is 0.0949 e. The maximum absolute atomic E-state index is 4.27. The van der Waals surface area contributed by atoms with Crippen LogP contribution >= 0.6 is 0 Å². The van der Waals surface area contributed by atoms with Gasteiger partial charge in [0.2, 0.25) is 0 Å². The summed E-state index contributed by atoms with van der Waals surface area (Å²) in [6.45, 7) is 7.57. The molecule has 0 aliphatic carbocycles. The third kappa shape index (κ3) is 3.30. The molecule has 2 heterocycles. The number of hydrogen-bond acceptors (Lipinski definition) is 3. The molecule has 4 nitrogen and oxygen atoms in total.